The van der Waals surface area contributed by atoms with E-state index in [0.717, 1.165) is 61.0 Å². The first-order valence-corrected chi connectivity index (χ1v) is 13.1. The Morgan fingerprint density at radius 1 is 1.13 bits per heavy atom. The summed E-state index contributed by atoms with van der Waals surface area (Å²) in [5, 5.41) is 6.11. The van der Waals surface area contributed by atoms with Crippen molar-refractivity contribution in [2.75, 3.05) is 19.6 Å². The zero-order valence-corrected chi connectivity index (χ0v) is 21.5. The molecule has 0 radical (unpaired) electrons. The SMILES string of the molecule is C[C@H](N(Cc1ccc(F)cc1)C(=O)CN1C(=O)NC2(CCc3c(C4CCNCC4)cccc32)C1=O)C(F)(F)F. The van der Waals surface area contributed by atoms with Gasteiger partial charge in [-0.2, -0.15) is 13.2 Å². The number of piperidine rings is 1. The van der Waals surface area contributed by atoms with E-state index in [2.05, 4.69) is 16.7 Å². The Morgan fingerprint density at radius 3 is 2.49 bits per heavy atom. The molecule has 3 aliphatic rings. The number of imide groups is 1. The number of nitrogens with zero attached hydrogens (tertiary/aromatic N) is 2. The van der Waals surface area contributed by atoms with Gasteiger partial charge in [0.2, 0.25) is 5.91 Å². The summed E-state index contributed by atoms with van der Waals surface area (Å²) in [5.74, 6) is -1.90. The van der Waals surface area contributed by atoms with Crippen LogP contribution in [0.5, 0.6) is 0 Å². The summed E-state index contributed by atoms with van der Waals surface area (Å²) < 4.78 is 54.3. The summed E-state index contributed by atoms with van der Waals surface area (Å²) in [6.45, 7) is 1.34. The standard InChI is InChI=1S/C28H30F4N4O3/c1-17(28(30,31)32)35(15-18-5-7-20(29)8-6-18)24(37)16-36-25(38)27(34-26(36)39)12-9-22-21(3-2-4-23(22)27)19-10-13-33-14-11-19/h2-8,17,19,33H,9-16H2,1H3,(H,34,39)/t17-,27?/m0/s1. The summed E-state index contributed by atoms with van der Waals surface area (Å²) in [5.41, 5.74) is 1.82. The van der Waals surface area contributed by atoms with Crippen LogP contribution in [-0.2, 0) is 28.1 Å². The molecule has 11 heteroatoms. The fraction of sp³-hybridized carbons (Fsp3) is 0.464. The van der Waals surface area contributed by atoms with Crippen LogP contribution in [0.1, 0.15) is 54.4 Å². The number of fused-ring (bicyclic) bond motifs is 2. The number of carbonyl (C=O) groups is 3. The highest BCUT2D eigenvalue weighted by atomic mass is 19.4. The first kappa shape index (κ1) is 27.1. The molecule has 0 aromatic heterocycles. The zero-order valence-electron chi connectivity index (χ0n) is 21.5. The molecule has 1 aliphatic carbocycles. The summed E-state index contributed by atoms with van der Waals surface area (Å²) >= 11 is 0. The maximum absolute atomic E-state index is 13.7. The van der Waals surface area contributed by atoms with Crippen molar-refractivity contribution in [3.63, 3.8) is 0 Å². The summed E-state index contributed by atoms with van der Waals surface area (Å²) in [7, 11) is 0. The molecule has 208 valence electrons. The minimum atomic E-state index is -4.75. The molecule has 7 nitrogen and oxygen atoms in total. The number of hydrogen-bond donors (Lipinski definition) is 2. The quantitative estimate of drug-likeness (QED) is 0.425. The van der Waals surface area contributed by atoms with Crippen molar-refractivity contribution in [2.45, 2.75) is 62.8 Å². The third kappa shape index (κ3) is 4.99. The van der Waals surface area contributed by atoms with Gasteiger partial charge in [0.05, 0.1) is 0 Å². The van der Waals surface area contributed by atoms with Crippen LogP contribution in [0.15, 0.2) is 42.5 Å². The smallest absolute Gasteiger partial charge is 0.325 e. The summed E-state index contributed by atoms with van der Waals surface area (Å²) in [6.07, 6.45) is -1.93. The van der Waals surface area contributed by atoms with E-state index in [1.54, 1.807) is 0 Å². The minimum absolute atomic E-state index is 0.282. The lowest BCUT2D eigenvalue weighted by molar-refractivity contribution is -0.187. The van der Waals surface area contributed by atoms with E-state index in [4.69, 9.17) is 0 Å². The van der Waals surface area contributed by atoms with Crippen molar-refractivity contribution in [1.29, 1.82) is 0 Å². The van der Waals surface area contributed by atoms with Gasteiger partial charge in [-0.1, -0.05) is 30.3 Å². The third-order valence-corrected chi connectivity index (χ3v) is 8.20. The maximum Gasteiger partial charge on any atom is 0.408 e. The number of benzene rings is 2. The molecule has 2 saturated heterocycles. The lowest BCUT2D eigenvalue weighted by Gasteiger charge is -2.32. The van der Waals surface area contributed by atoms with Gasteiger partial charge in [0.1, 0.15) is 23.9 Å². The van der Waals surface area contributed by atoms with Gasteiger partial charge in [-0.25, -0.2) is 9.18 Å². The molecule has 39 heavy (non-hydrogen) atoms. The number of urea groups is 1. The Labute approximate surface area is 223 Å². The average Bonchev–Trinajstić information content (AvgIpc) is 3.40. The largest absolute Gasteiger partial charge is 0.408 e. The van der Waals surface area contributed by atoms with Crippen LogP contribution >= 0.6 is 0 Å². The van der Waals surface area contributed by atoms with Crippen LogP contribution in [-0.4, -0.2) is 59.5 Å². The van der Waals surface area contributed by atoms with Gasteiger partial charge in [0, 0.05) is 6.54 Å². The Hall–Kier alpha value is -3.47. The third-order valence-electron chi connectivity index (χ3n) is 8.20. The van der Waals surface area contributed by atoms with Crippen molar-refractivity contribution in [1.82, 2.24) is 20.4 Å². The van der Waals surface area contributed by atoms with Gasteiger partial charge in [-0.15, -0.1) is 0 Å². The molecule has 4 amide bonds. The Kier molecular flexibility index (Phi) is 7.13. The molecule has 2 atom stereocenters. The average molecular weight is 547 g/mol. The predicted molar refractivity (Wildman–Crippen MR) is 134 cm³/mol. The van der Waals surface area contributed by atoms with Crippen molar-refractivity contribution in [3.05, 3.63) is 70.5 Å². The first-order valence-electron chi connectivity index (χ1n) is 13.1. The topological polar surface area (TPSA) is 81.8 Å². The minimum Gasteiger partial charge on any atom is -0.325 e. The van der Waals surface area contributed by atoms with Crippen LogP contribution < -0.4 is 10.6 Å². The molecule has 2 aliphatic heterocycles. The number of halogens is 4. The van der Waals surface area contributed by atoms with E-state index in [1.165, 1.54) is 12.1 Å². The molecule has 1 spiro atoms. The van der Waals surface area contributed by atoms with Crippen LogP contribution in [0, 0.1) is 5.82 Å². The normalized spacial score (nSPS) is 22.2. The van der Waals surface area contributed by atoms with Crippen LogP contribution in [0.25, 0.3) is 0 Å². The molecule has 1 unspecified atom stereocenters. The Bertz CT molecular complexity index is 1280. The predicted octanol–water partition coefficient (Wildman–Crippen LogP) is 3.97. The molecule has 2 aromatic rings. The van der Waals surface area contributed by atoms with Gasteiger partial charge < -0.3 is 15.5 Å². The van der Waals surface area contributed by atoms with Gasteiger partial charge in [-0.05, 0) is 86.0 Å². The second-order valence-corrected chi connectivity index (χ2v) is 10.5. The number of alkyl halides is 3. The molecular formula is C28H30F4N4O3. The number of amides is 4. The highest BCUT2D eigenvalue weighted by Crippen LogP contribution is 2.45. The molecule has 5 rings (SSSR count). The van der Waals surface area contributed by atoms with Crippen molar-refractivity contribution < 1.29 is 31.9 Å². The van der Waals surface area contributed by atoms with E-state index in [0.29, 0.717) is 29.2 Å². The molecule has 0 saturated carbocycles. The van der Waals surface area contributed by atoms with Crippen molar-refractivity contribution in [3.8, 4) is 0 Å². The van der Waals surface area contributed by atoms with E-state index in [1.807, 2.05) is 12.1 Å². The molecule has 2 N–H and O–H groups in total. The fourth-order valence-electron chi connectivity index (χ4n) is 6.00. The van der Waals surface area contributed by atoms with Gasteiger partial charge in [-0.3, -0.25) is 14.5 Å². The highest BCUT2D eigenvalue weighted by Gasteiger charge is 2.56. The number of carbonyl (C=O) groups excluding carboxylic acids is 3. The van der Waals surface area contributed by atoms with Gasteiger partial charge in [0.25, 0.3) is 5.91 Å². The lowest BCUT2D eigenvalue weighted by Crippen LogP contribution is -2.51. The van der Waals surface area contributed by atoms with E-state index in [-0.39, 0.29) is 5.56 Å². The molecule has 2 aromatic carbocycles. The number of rotatable bonds is 6. The number of nitrogens with one attached hydrogen (secondary N) is 2. The summed E-state index contributed by atoms with van der Waals surface area (Å²) in [6, 6.07) is 7.49. The second-order valence-electron chi connectivity index (χ2n) is 10.5. The fourth-order valence-corrected chi connectivity index (χ4v) is 6.00. The molecule has 0 bridgehead atoms. The zero-order chi connectivity index (χ0) is 27.9. The first-order chi connectivity index (χ1) is 18.5. The van der Waals surface area contributed by atoms with Crippen LogP contribution in [0.4, 0.5) is 22.4 Å². The van der Waals surface area contributed by atoms with Crippen molar-refractivity contribution in [2.24, 2.45) is 0 Å². The van der Waals surface area contributed by atoms with E-state index in [9.17, 15) is 31.9 Å². The van der Waals surface area contributed by atoms with Gasteiger partial charge in [0.15, 0.2) is 0 Å². The summed E-state index contributed by atoms with van der Waals surface area (Å²) in [4.78, 5) is 41.2. The second kappa shape index (κ2) is 10.3. The Morgan fingerprint density at radius 2 is 1.82 bits per heavy atom. The molecule has 2 heterocycles. The monoisotopic (exact) mass is 546 g/mol. The highest BCUT2D eigenvalue weighted by molar-refractivity contribution is 6.10. The Balaban J connectivity index is 1.39. The van der Waals surface area contributed by atoms with Crippen molar-refractivity contribution >= 4 is 17.8 Å². The van der Waals surface area contributed by atoms with Crippen LogP contribution in [0.3, 0.4) is 0 Å². The molecule has 2 fully saturated rings. The molecular weight excluding hydrogens is 516 g/mol. The van der Waals surface area contributed by atoms with Gasteiger partial charge >= 0.3 is 12.2 Å². The maximum atomic E-state index is 13.7. The lowest BCUT2D eigenvalue weighted by atomic mass is 9.84. The number of hydrogen-bond acceptors (Lipinski definition) is 4. The van der Waals surface area contributed by atoms with E-state index < -0.39 is 54.5 Å². The van der Waals surface area contributed by atoms with E-state index >= 15 is 0 Å². The van der Waals surface area contributed by atoms with Crippen LogP contribution in [0.2, 0.25) is 0 Å².